The number of amides is 1. The number of carbonyl (C=O) groups excluding carboxylic acids is 1. The van der Waals surface area contributed by atoms with Crippen LogP contribution in [0.5, 0.6) is 0 Å². The molecular weight excluding hydrogens is 204 g/mol. The van der Waals surface area contributed by atoms with Crippen LogP contribution in [-0.2, 0) is 11.3 Å². The molecule has 0 atom stereocenters. The molecule has 1 heterocycles. The maximum atomic E-state index is 11.4. The van der Waals surface area contributed by atoms with E-state index in [2.05, 4.69) is 15.5 Å². The van der Waals surface area contributed by atoms with Gasteiger partial charge in [-0.2, -0.15) is 5.10 Å². The van der Waals surface area contributed by atoms with Crippen LogP contribution in [0.15, 0.2) is 12.3 Å². The van der Waals surface area contributed by atoms with Gasteiger partial charge in [0.05, 0.1) is 12.2 Å². The molecule has 0 fully saturated rings. The van der Waals surface area contributed by atoms with Crippen LogP contribution in [0.4, 0.5) is 0 Å². The number of hydrogen-bond acceptors (Lipinski definition) is 3. The minimum atomic E-state index is 0.0994. The number of unbranched alkanes of at least 4 members (excludes halogenated alkanes) is 3. The van der Waals surface area contributed by atoms with E-state index < -0.39 is 0 Å². The molecule has 1 aromatic heterocycles. The van der Waals surface area contributed by atoms with Crippen LogP contribution in [0.25, 0.3) is 0 Å². The number of hydrogen-bond donors (Lipinski definition) is 3. The molecule has 1 amide bonds. The second-order valence-corrected chi connectivity index (χ2v) is 3.81. The number of aromatic amines is 1. The highest BCUT2D eigenvalue weighted by Gasteiger charge is 2.01. The van der Waals surface area contributed by atoms with Gasteiger partial charge in [-0.05, 0) is 25.5 Å². The summed E-state index contributed by atoms with van der Waals surface area (Å²) in [6.45, 7) is 1.27. The van der Waals surface area contributed by atoms with Gasteiger partial charge in [-0.25, -0.2) is 0 Å². The maximum Gasteiger partial charge on any atom is 0.220 e. The third-order valence-corrected chi connectivity index (χ3v) is 2.39. The summed E-state index contributed by atoms with van der Waals surface area (Å²) in [5, 5.41) is 9.45. The van der Waals surface area contributed by atoms with Crippen LogP contribution in [0.3, 0.4) is 0 Å². The summed E-state index contributed by atoms with van der Waals surface area (Å²) in [5.74, 6) is 0.0994. The minimum Gasteiger partial charge on any atom is -0.350 e. The summed E-state index contributed by atoms with van der Waals surface area (Å²) in [6, 6.07) is 1.85. The van der Waals surface area contributed by atoms with Gasteiger partial charge in [0.2, 0.25) is 5.91 Å². The predicted molar refractivity (Wildman–Crippen MR) is 62.6 cm³/mol. The average Bonchev–Trinajstić information content (AvgIpc) is 2.79. The molecule has 0 aromatic carbocycles. The lowest BCUT2D eigenvalue weighted by Crippen LogP contribution is -2.22. The highest BCUT2D eigenvalue weighted by molar-refractivity contribution is 5.75. The van der Waals surface area contributed by atoms with Gasteiger partial charge >= 0.3 is 0 Å². The SMILES string of the molecule is NCCCCCCC(=O)NCc1ccn[nH]1. The fourth-order valence-corrected chi connectivity index (χ4v) is 1.45. The van der Waals surface area contributed by atoms with E-state index >= 15 is 0 Å². The molecule has 16 heavy (non-hydrogen) atoms. The standard InChI is InChI=1S/C11H20N4O/c12-7-4-2-1-3-5-11(16)13-9-10-6-8-14-15-10/h6,8H,1-5,7,9,12H2,(H,13,16)(H,14,15). The average molecular weight is 224 g/mol. The fourth-order valence-electron chi connectivity index (χ4n) is 1.45. The summed E-state index contributed by atoms with van der Waals surface area (Å²) >= 11 is 0. The van der Waals surface area contributed by atoms with Crippen LogP contribution >= 0.6 is 0 Å². The zero-order chi connectivity index (χ0) is 11.6. The highest BCUT2D eigenvalue weighted by atomic mass is 16.1. The van der Waals surface area contributed by atoms with Gasteiger partial charge in [-0.3, -0.25) is 9.89 Å². The molecule has 1 rings (SSSR count). The van der Waals surface area contributed by atoms with Gasteiger partial charge in [-0.15, -0.1) is 0 Å². The third kappa shape index (κ3) is 5.50. The second-order valence-electron chi connectivity index (χ2n) is 3.81. The van der Waals surface area contributed by atoms with E-state index in [1.165, 1.54) is 0 Å². The first-order chi connectivity index (χ1) is 7.83. The van der Waals surface area contributed by atoms with Gasteiger partial charge < -0.3 is 11.1 Å². The van der Waals surface area contributed by atoms with Crippen LogP contribution in [-0.4, -0.2) is 22.6 Å². The van der Waals surface area contributed by atoms with E-state index in [1.807, 2.05) is 6.07 Å². The number of nitrogens with one attached hydrogen (secondary N) is 2. The van der Waals surface area contributed by atoms with Crippen molar-refractivity contribution in [2.24, 2.45) is 5.73 Å². The van der Waals surface area contributed by atoms with Crippen LogP contribution in [0.2, 0.25) is 0 Å². The zero-order valence-corrected chi connectivity index (χ0v) is 9.54. The van der Waals surface area contributed by atoms with Crippen molar-refractivity contribution < 1.29 is 4.79 Å². The molecule has 90 valence electrons. The number of nitrogens with zero attached hydrogens (tertiary/aromatic N) is 1. The Kier molecular flexibility index (Phi) is 6.25. The van der Waals surface area contributed by atoms with Crippen molar-refractivity contribution in [3.63, 3.8) is 0 Å². The Morgan fingerprint density at radius 2 is 2.19 bits per heavy atom. The molecule has 0 aliphatic carbocycles. The number of nitrogens with two attached hydrogens (primary N) is 1. The van der Waals surface area contributed by atoms with E-state index in [0.29, 0.717) is 13.0 Å². The van der Waals surface area contributed by atoms with Crippen molar-refractivity contribution in [2.75, 3.05) is 6.54 Å². The van der Waals surface area contributed by atoms with E-state index in [9.17, 15) is 4.79 Å². The molecule has 0 spiro atoms. The Balaban J connectivity index is 1.99. The van der Waals surface area contributed by atoms with Crippen LogP contribution < -0.4 is 11.1 Å². The van der Waals surface area contributed by atoms with Crippen molar-refractivity contribution >= 4 is 5.91 Å². The lowest BCUT2D eigenvalue weighted by molar-refractivity contribution is -0.121. The second kappa shape index (κ2) is 7.87. The summed E-state index contributed by atoms with van der Waals surface area (Å²) < 4.78 is 0. The molecule has 5 heteroatoms. The van der Waals surface area contributed by atoms with E-state index in [-0.39, 0.29) is 5.91 Å². The van der Waals surface area contributed by atoms with E-state index in [0.717, 1.165) is 37.9 Å². The molecule has 0 bridgehead atoms. The molecule has 5 nitrogen and oxygen atoms in total. The molecule has 1 aromatic rings. The lowest BCUT2D eigenvalue weighted by atomic mass is 10.1. The van der Waals surface area contributed by atoms with E-state index in [1.54, 1.807) is 6.20 Å². The van der Waals surface area contributed by atoms with Crippen molar-refractivity contribution in [1.82, 2.24) is 15.5 Å². The third-order valence-electron chi connectivity index (χ3n) is 2.39. The molecular formula is C11H20N4O. The maximum absolute atomic E-state index is 11.4. The zero-order valence-electron chi connectivity index (χ0n) is 9.54. The van der Waals surface area contributed by atoms with Crippen LogP contribution in [0, 0.1) is 0 Å². The van der Waals surface area contributed by atoms with Crippen molar-refractivity contribution in [2.45, 2.75) is 38.6 Å². The fraction of sp³-hybridized carbons (Fsp3) is 0.636. The highest BCUT2D eigenvalue weighted by Crippen LogP contribution is 2.02. The number of aromatic nitrogens is 2. The van der Waals surface area contributed by atoms with Crippen molar-refractivity contribution in [3.05, 3.63) is 18.0 Å². The Morgan fingerprint density at radius 1 is 1.38 bits per heavy atom. The largest absolute Gasteiger partial charge is 0.350 e. The molecule has 0 aliphatic heterocycles. The van der Waals surface area contributed by atoms with Gasteiger partial charge in [0.25, 0.3) is 0 Å². The Morgan fingerprint density at radius 3 is 2.88 bits per heavy atom. The van der Waals surface area contributed by atoms with Crippen molar-refractivity contribution in [3.8, 4) is 0 Å². The van der Waals surface area contributed by atoms with E-state index in [4.69, 9.17) is 5.73 Å². The smallest absolute Gasteiger partial charge is 0.220 e. The minimum absolute atomic E-state index is 0.0994. The lowest BCUT2D eigenvalue weighted by Gasteiger charge is -2.03. The van der Waals surface area contributed by atoms with Crippen molar-refractivity contribution in [1.29, 1.82) is 0 Å². The normalized spacial score (nSPS) is 10.3. The Labute approximate surface area is 95.8 Å². The van der Waals surface area contributed by atoms with Gasteiger partial charge in [0.1, 0.15) is 0 Å². The number of H-pyrrole nitrogens is 1. The topological polar surface area (TPSA) is 83.8 Å². The first-order valence-corrected chi connectivity index (χ1v) is 5.78. The number of rotatable bonds is 8. The summed E-state index contributed by atoms with van der Waals surface area (Å²) in [7, 11) is 0. The first-order valence-electron chi connectivity index (χ1n) is 5.78. The summed E-state index contributed by atoms with van der Waals surface area (Å²) in [6.07, 6.45) is 6.45. The van der Waals surface area contributed by atoms with Crippen LogP contribution in [0.1, 0.15) is 37.8 Å². The Hall–Kier alpha value is -1.36. The van der Waals surface area contributed by atoms with Gasteiger partial charge in [-0.1, -0.05) is 12.8 Å². The Bertz CT molecular complexity index is 284. The van der Waals surface area contributed by atoms with Gasteiger partial charge in [0, 0.05) is 12.6 Å². The first kappa shape index (κ1) is 12.7. The molecule has 0 saturated carbocycles. The molecule has 0 radical (unpaired) electrons. The summed E-state index contributed by atoms with van der Waals surface area (Å²) in [5.41, 5.74) is 6.31. The quantitative estimate of drug-likeness (QED) is 0.574. The molecule has 4 N–H and O–H groups in total. The molecule has 0 unspecified atom stereocenters. The summed E-state index contributed by atoms with van der Waals surface area (Å²) in [4.78, 5) is 11.4. The monoisotopic (exact) mass is 224 g/mol. The predicted octanol–water partition coefficient (Wildman–Crippen LogP) is 0.935. The number of carbonyl (C=O) groups is 1. The molecule has 0 saturated heterocycles. The van der Waals surface area contributed by atoms with Gasteiger partial charge in [0.15, 0.2) is 0 Å². The molecule has 0 aliphatic rings.